The molecule has 0 amide bonds. The van der Waals surface area contributed by atoms with Gasteiger partial charge in [0.05, 0.1) is 18.4 Å². The molecule has 0 fully saturated rings. The van der Waals surface area contributed by atoms with Crippen LogP contribution in [0.25, 0.3) is 11.2 Å². The number of nitrogens with one attached hydrogen (secondary N) is 2. The minimum atomic E-state index is -0.211. The van der Waals surface area contributed by atoms with Crippen molar-refractivity contribution < 1.29 is 5.11 Å². The molecule has 8 nitrogen and oxygen atoms in total. The van der Waals surface area contributed by atoms with Crippen LogP contribution in [0.1, 0.15) is 11.5 Å². The first-order valence-electron chi connectivity index (χ1n) is 5.78. The van der Waals surface area contributed by atoms with Crippen molar-refractivity contribution >= 4 is 28.6 Å². The number of anilines is 1. The molecule has 3 rings (SSSR count). The molecular formula is C11H10ClN7O. The molecule has 102 valence electrons. The molecule has 0 saturated heterocycles. The highest BCUT2D eigenvalue weighted by Gasteiger charge is 2.11. The molecule has 3 aromatic heterocycles. The zero-order valence-electron chi connectivity index (χ0n) is 10.2. The van der Waals surface area contributed by atoms with Gasteiger partial charge in [-0.3, -0.25) is 9.97 Å². The number of aromatic nitrogens is 6. The first-order chi connectivity index (χ1) is 9.76. The summed E-state index contributed by atoms with van der Waals surface area (Å²) in [5.74, 6) is 0.900. The summed E-state index contributed by atoms with van der Waals surface area (Å²) in [6.45, 7) is 0.224. The number of H-pyrrole nitrogens is 1. The lowest BCUT2D eigenvalue weighted by Crippen LogP contribution is -2.05. The summed E-state index contributed by atoms with van der Waals surface area (Å²) >= 11 is 5.85. The second-order valence-electron chi connectivity index (χ2n) is 3.93. The lowest BCUT2D eigenvalue weighted by Gasteiger charge is -2.05. The highest BCUT2D eigenvalue weighted by Crippen LogP contribution is 2.20. The Morgan fingerprint density at radius 3 is 2.90 bits per heavy atom. The van der Waals surface area contributed by atoms with Crippen molar-refractivity contribution in [1.29, 1.82) is 0 Å². The van der Waals surface area contributed by atoms with E-state index in [1.54, 1.807) is 18.6 Å². The number of aromatic amines is 1. The number of halogens is 1. The van der Waals surface area contributed by atoms with E-state index < -0.39 is 0 Å². The van der Waals surface area contributed by atoms with Gasteiger partial charge in [-0.2, -0.15) is 9.97 Å². The molecule has 0 saturated carbocycles. The predicted octanol–water partition coefficient (Wildman–Crippen LogP) is 0.901. The number of fused-ring (bicyclic) bond motifs is 1. The number of nitrogens with zero attached hydrogens (tertiary/aromatic N) is 5. The summed E-state index contributed by atoms with van der Waals surface area (Å²) in [6, 6.07) is 0. The Morgan fingerprint density at radius 1 is 1.25 bits per heavy atom. The van der Waals surface area contributed by atoms with Crippen LogP contribution in [0.5, 0.6) is 0 Å². The molecule has 3 N–H and O–H groups in total. The molecular weight excluding hydrogens is 282 g/mol. The van der Waals surface area contributed by atoms with Gasteiger partial charge in [-0.1, -0.05) is 0 Å². The second-order valence-corrected chi connectivity index (χ2v) is 4.27. The largest absolute Gasteiger partial charge is 0.388 e. The Bertz CT molecular complexity index is 730. The van der Waals surface area contributed by atoms with E-state index in [1.807, 2.05) is 0 Å². The molecule has 0 aliphatic rings. The van der Waals surface area contributed by atoms with Crippen LogP contribution < -0.4 is 5.32 Å². The van der Waals surface area contributed by atoms with E-state index >= 15 is 0 Å². The topological polar surface area (TPSA) is 112 Å². The van der Waals surface area contributed by atoms with Gasteiger partial charge in [0.1, 0.15) is 17.9 Å². The minimum Gasteiger partial charge on any atom is -0.388 e. The van der Waals surface area contributed by atoms with Gasteiger partial charge in [-0.25, -0.2) is 4.98 Å². The second kappa shape index (κ2) is 5.35. The maximum atomic E-state index is 9.09. The fourth-order valence-corrected chi connectivity index (χ4v) is 1.88. The van der Waals surface area contributed by atoms with Gasteiger partial charge in [0.25, 0.3) is 0 Å². The molecule has 20 heavy (non-hydrogen) atoms. The number of hydrogen-bond acceptors (Lipinski definition) is 7. The van der Waals surface area contributed by atoms with Crippen LogP contribution in [0.3, 0.4) is 0 Å². The number of imidazole rings is 1. The van der Waals surface area contributed by atoms with Gasteiger partial charge in [0.2, 0.25) is 5.28 Å². The van der Waals surface area contributed by atoms with Gasteiger partial charge >= 0.3 is 0 Å². The Hall–Kier alpha value is -2.32. The summed E-state index contributed by atoms with van der Waals surface area (Å²) in [5.41, 5.74) is 1.75. The lowest BCUT2D eigenvalue weighted by molar-refractivity contribution is 0.273. The molecule has 3 heterocycles. The maximum Gasteiger partial charge on any atom is 0.226 e. The number of hydrogen-bond donors (Lipinski definition) is 3. The molecule has 0 spiro atoms. The van der Waals surface area contributed by atoms with Gasteiger partial charge in [-0.15, -0.1) is 0 Å². The molecule has 0 unspecified atom stereocenters. The average molecular weight is 292 g/mol. The third kappa shape index (κ3) is 2.51. The highest BCUT2D eigenvalue weighted by molar-refractivity contribution is 6.28. The Kier molecular flexibility index (Phi) is 3.40. The zero-order chi connectivity index (χ0) is 13.9. The summed E-state index contributed by atoms with van der Waals surface area (Å²) in [5, 5.41) is 12.3. The van der Waals surface area contributed by atoms with E-state index in [-0.39, 0.29) is 11.9 Å². The van der Waals surface area contributed by atoms with Crippen LogP contribution >= 0.6 is 11.6 Å². The van der Waals surface area contributed by atoms with Crippen molar-refractivity contribution in [3.63, 3.8) is 0 Å². The lowest BCUT2D eigenvalue weighted by atomic mass is 10.4. The maximum absolute atomic E-state index is 9.09. The Labute approximate surface area is 118 Å². The molecule has 0 aliphatic heterocycles. The molecule has 0 bridgehead atoms. The summed E-state index contributed by atoms with van der Waals surface area (Å²) < 4.78 is 0. The Balaban J connectivity index is 1.92. The first kappa shape index (κ1) is 12.7. The highest BCUT2D eigenvalue weighted by atomic mass is 35.5. The van der Waals surface area contributed by atoms with Crippen LogP contribution in [-0.2, 0) is 13.2 Å². The van der Waals surface area contributed by atoms with E-state index in [4.69, 9.17) is 16.7 Å². The third-order valence-corrected chi connectivity index (χ3v) is 2.75. The summed E-state index contributed by atoms with van der Waals surface area (Å²) in [4.78, 5) is 23.3. The monoisotopic (exact) mass is 291 g/mol. The Morgan fingerprint density at radius 2 is 2.15 bits per heavy atom. The normalized spacial score (nSPS) is 10.9. The van der Waals surface area contributed by atoms with E-state index in [0.717, 1.165) is 5.69 Å². The minimum absolute atomic E-state index is 0.0788. The van der Waals surface area contributed by atoms with Crippen molar-refractivity contribution in [2.45, 2.75) is 13.2 Å². The van der Waals surface area contributed by atoms with E-state index in [9.17, 15) is 0 Å². The molecule has 3 aromatic rings. The number of rotatable bonds is 4. The van der Waals surface area contributed by atoms with E-state index in [2.05, 4.69) is 35.2 Å². The SMILES string of the molecule is OCc1nc2nc(Cl)nc(NCc3cnccn3)c2[nH]1. The van der Waals surface area contributed by atoms with Crippen molar-refractivity contribution in [1.82, 2.24) is 29.9 Å². The van der Waals surface area contributed by atoms with Crippen LogP contribution in [-0.4, -0.2) is 35.0 Å². The molecule has 0 atom stereocenters. The number of aliphatic hydroxyl groups excluding tert-OH is 1. The quantitative estimate of drug-likeness (QED) is 0.612. The van der Waals surface area contributed by atoms with Gasteiger partial charge < -0.3 is 15.4 Å². The predicted molar refractivity (Wildman–Crippen MR) is 72.0 cm³/mol. The summed E-state index contributed by atoms with van der Waals surface area (Å²) in [7, 11) is 0. The molecule has 0 aliphatic carbocycles. The average Bonchev–Trinajstić information content (AvgIpc) is 2.88. The zero-order valence-corrected chi connectivity index (χ0v) is 11.0. The standard InChI is InChI=1S/C11H10ClN7O/c12-11-18-9(15-4-6-3-13-1-2-14-6)8-10(19-11)17-7(5-20)16-8/h1-3,20H,4-5H2,(H2,15,16,17,18,19). The van der Waals surface area contributed by atoms with Crippen LogP contribution in [0, 0.1) is 0 Å². The smallest absolute Gasteiger partial charge is 0.226 e. The van der Waals surface area contributed by atoms with Gasteiger partial charge in [0, 0.05) is 12.4 Å². The van der Waals surface area contributed by atoms with Crippen LogP contribution in [0.15, 0.2) is 18.6 Å². The molecule has 0 aromatic carbocycles. The fraction of sp³-hybridized carbons (Fsp3) is 0.182. The van der Waals surface area contributed by atoms with E-state index in [1.165, 1.54) is 0 Å². The van der Waals surface area contributed by atoms with Crippen molar-refractivity contribution in [2.75, 3.05) is 5.32 Å². The summed E-state index contributed by atoms with van der Waals surface area (Å²) in [6.07, 6.45) is 4.87. The van der Waals surface area contributed by atoms with Crippen molar-refractivity contribution in [3.8, 4) is 0 Å². The number of aliphatic hydroxyl groups is 1. The van der Waals surface area contributed by atoms with Crippen LogP contribution in [0.4, 0.5) is 5.82 Å². The van der Waals surface area contributed by atoms with Crippen molar-refractivity contribution in [3.05, 3.63) is 35.4 Å². The first-order valence-corrected chi connectivity index (χ1v) is 6.16. The van der Waals surface area contributed by atoms with Gasteiger partial charge in [-0.05, 0) is 11.6 Å². The van der Waals surface area contributed by atoms with Gasteiger partial charge in [0.15, 0.2) is 11.5 Å². The van der Waals surface area contributed by atoms with Crippen LogP contribution in [0.2, 0.25) is 5.28 Å². The third-order valence-electron chi connectivity index (χ3n) is 2.58. The fourth-order valence-electron chi connectivity index (χ4n) is 1.72. The van der Waals surface area contributed by atoms with Crippen molar-refractivity contribution in [2.24, 2.45) is 0 Å². The molecule has 9 heteroatoms. The van der Waals surface area contributed by atoms with E-state index in [0.29, 0.717) is 29.4 Å². The molecule has 0 radical (unpaired) electrons.